The molecule has 0 aliphatic heterocycles. The van der Waals surface area contributed by atoms with E-state index in [-0.39, 0.29) is 6.42 Å². The van der Waals surface area contributed by atoms with Crippen LogP contribution in [0.15, 0.2) is 0 Å². The highest BCUT2D eigenvalue weighted by Crippen LogP contribution is 1.89. The number of carboxylic acids is 1. The van der Waals surface area contributed by atoms with Gasteiger partial charge in [-0.2, -0.15) is 0 Å². The average Bonchev–Trinajstić information content (AvgIpc) is 2.03. The first-order chi connectivity index (χ1) is 6.07. The summed E-state index contributed by atoms with van der Waals surface area (Å²) >= 11 is 0. The maximum Gasteiger partial charge on any atom is 0.305 e. The number of carbonyl (C=O) groups excluding carboxylic acids is 1. The van der Waals surface area contributed by atoms with Crippen LogP contribution in [0.2, 0.25) is 0 Å². The van der Waals surface area contributed by atoms with Crippen LogP contribution in [-0.4, -0.2) is 29.6 Å². The molecule has 0 saturated carbocycles. The molecule has 0 heterocycles. The maximum atomic E-state index is 11.1. The molecule has 0 radical (unpaired) electrons. The van der Waals surface area contributed by atoms with Crippen molar-refractivity contribution in [2.75, 3.05) is 6.54 Å². The largest absolute Gasteiger partial charge is 0.481 e. The molecule has 0 bridgehead atoms. The molecular formula is C8H16N2O3. The van der Waals surface area contributed by atoms with Crippen molar-refractivity contribution in [2.45, 2.75) is 32.2 Å². The minimum atomic E-state index is -1.06. The summed E-state index contributed by atoms with van der Waals surface area (Å²) in [7, 11) is 0. The number of amides is 1. The van der Waals surface area contributed by atoms with Gasteiger partial charge in [0.05, 0.1) is 12.5 Å². The Labute approximate surface area is 77.3 Å². The van der Waals surface area contributed by atoms with Crippen molar-refractivity contribution < 1.29 is 14.7 Å². The lowest BCUT2D eigenvalue weighted by Crippen LogP contribution is -2.42. The van der Waals surface area contributed by atoms with Gasteiger partial charge in [0.25, 0.3) is 0 Å². The number of unbranched alkanes of at least 4 members (excludes halogenated alkanes) is 1. The molecule has 13 heavy (non-hydrogen) atoms. The third-order valence-corrected chi connectivity index (χ3v) is 1.56. The molecule has 0 rings (SSSR count). The van der Waals surface area contributed by atoms with E-state index in [1.165, 1.54) is 0 Å². The lowest BCUT2D eigenvalue weighted by Gasteiger charge is -2.09. The van der Waals surface area contributed by atoms with Gasteiger partial charge in [0, 0.05) is 6.54 Å². The Morgan fingerprint density at radius 1 is 1.54 bits per heavy atom. The molecule has 5 heteroatoms. The van der Waals surface area contributed by atoms with E-state index >= 15 is 0 Å². The number of carbonyl (C=O) groups is 2. The van der Waals surface area contributed by atoms with Gasteiger partial charge in [-0.25, -0.2) is 0 Å². The van der Waals surface area contributed by atoms with Crippen LogP contribution in [0, 0.1) is 0 Å². The zero-order valence-corrected chi connectivity index (χ0v) is 7.75. The SMILES string of the molecule is CCCCNC(=O)C(N)CC(=O)O. The van der Waals surface area contributed by atoms with E-state index in [0.717, 1.165) is 12.8 Å². The monoisotopic (exact) mass is 188 g/mol. The van der Waals surface area contributed by atoms with Gasteiger partial charge in [0.1, 0.15) is 0 Å². The number of hydrogen-bond acceptors (Lipinski definition) is 3. The maximum absolute atomic E-state index is 11.1. The van der Waals surface area contributed by atoms with Crippen LogP contribution in [0.4, 0.5) is 0 Å². The average molecular weight is 188 g/mol. The molecule has 5 nitrogen and oxygen atoms in total. The standard InChI is InChI=1S/C8H16N2O3/c1-2-3-4-10-8(13)6(9)5-7(11)12/h6H,2-5,9H2,1H3,(H,10,13)(H,11,12). The first-order valence-corrected chi connectivity index (χ1v) is 4.33. The Bertz CT molecular complexity index is 182. The van der Waals surface area contributed by atoms with Gasteiger partial charge in [-0.1, -0.05) is 13.3 Å². The molecule has 0 spiro atoms. The number of nitrogens with one attached hydrogen (secondary N) is 1. The van der Waals surface area contributed by atoms with Crippen molar-refractivity contribution in [3.05, 3.63) is 0 Å². The van der Waals surface area contributed by atoms with Gasteiger partial charge in [-0.05, 0) is 6.42 Å². The van der Waals surface area contributed by atoms with Gasteiger partial charge in [0.2, 0.25) is 5.91 Å². The van der Waals surface area contributed by atoms with Crippen LogP contribution in [-0.2, 0) is 9.59 Å². The smallest absolute Gasteiger partial charge is 0.305 e. The lowest BCUT2D eigenvalue weighted by atomic mass is 10.2. The highest BCUT2D eigenvalue weighted by atomic mass is 16.4. The van der Waals surface area contributed by atoms with E-state index in [0.29, 0.717) is 6.54 Å². The van der Waals surface area contributed by atoms with Crippen molar-refractivity contribution in [1.82, 2.24) is 5.32 Å². The Hall–Kier alpha value is -1.10. The van der Waals surface area contributed by atoms with E-state index < -0.39 is 17.9 Å². The van der Waals surface area contributed by atoms with E-state index in [2.05, 4.69) is 5.32 Å². The quantitative estimate of drug-likeness (QED) is 0.499. The van der Waals surface area contributed by atoms with E-state index in [1.807, 2.05) is 6.92 Å². The molecular weight excluding hydrogens is 172 g/mol. The van der Waals surface area contributed by atoms with Crippen molar-refractivity contribution in [3.63, 3.8) is 0 Å². The first kappa shape index (κ1) is 11.9. The number of nitrogens with two attached hydrogens (primary N) is 1. The summed E-state index contributed by atoms with van der Waals surface area (Å²) in [6.45, 7) is 2.56. The second-order valence-corrected chi connectivity index (χ2v) is 2.85. The van der Waals surface area contributed by atoms with Crippen LogP contribution >= 0.6 is 0 Å². The number of rotatable bonds is 6. The Balaban J connectivity index is 3.63. The molecule has 0 aromatic carbocycles. The Kier molecular flexibility index (Phi) is 5.88. The number of aliphatic carboxylic acids is 1. The normalized spacial score (nSPS) is 12.2. The lowest BCUT2D eigenvalue weighted by molar-refractivity contribution is -0.139. The summed E-state index contributed by atoms with van der Waals surface area (Å²) in [5.74, 6) is -1.45. The summed E-state index contributed by atoms with van der Waals surface area (Å²) in [6.07, 6.45) is 1.54. The van der Waals surface area contributed by atoms with Crippen LogP contribution < -0.4 is 11.1 Å². The molecule has 4 N–H and O–H groups in total. The summed E-state index contributed by atoms with van der Waals surface area (Å²) in [6, 6.07) is -0.936. The summed E-state index contributed by atoms with van der Waals surface area (Å²) in [4.78, 5) is 21.2. The minimum absolute atomic E-state index is 0.321. The van der Waals surface area contributed by atoms with Crippen molar-refractivity contribution >= 4 is 11.9 Å². The van der Waals surface area contributed by atoms with Crippen molar-refractivity contribution in [1.29, 1.82) is 0 Å². The first-order valence-electron chi connectivity index (χ1n) is 4.33. The zero-order chi connectivity index (χ0) is 10.3. The van der Waals surface area contributed by atoms with Gasteiger partial charge in [-0.15, -0.1) is 0 Å². The predicted octanol–water partition coefficient (Wildman–Crippen LogP) is -0.295. The molecule has 0 aromatic rings. The Morgan fingerprint density at radius 3 is 2.62 bits per heavy atom. The second-order valence-electron chi connectivity index (χ2n) is 2.85. The Morgan fingerprint density at radius 2 is 2.15 bits per heavy atom. The summed E-state index contributed by atoms with van der Waals surface area (Å²) < 4.78 is 0. The number of carboxylic acid groups (broad SMARTS) is 1. The molecule has 0 fully saturated rings. The topological polar surface area (TPSA) is 92.4 Å². The van der Waals surface area contributed by atoms with Crippen molar-refractivity contribution in [3.8, 4) is 0 Å². The fraction of sp³-hybridized carbons (Fsp3) is 0.750. The van der Waals surface area contributed by atoms with Gasteiger partial charge >= 0.3 is 5.97 Å². The van der Waals surface area contributed by atoms with Crippen LogP contribution in [0.1, 0.15) is 26.2 Å². The summed E-state index contributed by atoms with van der Waals surface area (Å²) in [5.41, 5.74) is 5.31. The third-order valence-electron chi connectivity index (χ3n) is 1.56. The third kappa shape index (κ3) is 6.10. The van der Waals surface area contributed by atoms with Crippen LogP contribution in [0.25, 0.3) is 0 Å². The fourth-order valence-corrected chi connectivity index (χ4v) is 0.800. The molecule has 0 saturated heterocycles. The van der Waals surface area contributed by atoms with Gasteiger partial charge in [-0.3, -0.25) is 9.59 Å². The highest BCUT2D eigenvalue weighted by molar-refractivity contribution is 5.85. The fourth-order valence-electron chi connectivity index (χ4n) is 0.800. The molecule has 0 aliphatic carbocycles. The predicted molar refractivity (Wildman–Crippen MR) is 48.1 cm³/mol. The summed E-state index contributed by atoms with van der Waals surface area (Å²) in [5, 5.41) is 10.9. The van der Waals surface area contributed by atoms with Crippen LogP contribution in [0.3, 0.4) is 0 Å². The van der Waals surface area contributed by atoms with E-state index in [9.17, 15) is 9.59 Å². The second kappa shape index (κ2) is 6.42. The van der Waals surface area contributed by atoms with Crippen LogP contribution in [0.5, 0.6) is 0 Å². The van der Waals surface area contributed by atoms with Crippen molar-refractivity contribution in [2.24, 2.45) is 5.73 Å². The molecule has 1 unspecified atom stereocenters. The molecule has 1 atom stereocenters. The molecule has 0 aromatic heterocycles. The molecule has 76 valence electrons. The van der Waals surface area contributed by atoms with Gasteiger partial charge < -0.3 is 16.2 Å². The van der Waals surface area contributed by atoms with Gasteiger partial charge in [0.15, 0.2) is 0 Å². The van der Waals surface area contributed by atoms with E-state index in [4.69, 9.17) is 10.8 Å². The number of hydrogen-bond donors (Lipinski definition) is 3. The highest BCUT2D eigenvalue weighted by Gasteiger charge is 2.15. The zero-order valence-electron chi connectivity index (χ0n) is 7.75. The molecule has 1 amide bonds. The molecule has 0 aliphatic rings. The van der Waals surface area contributed by atoms with E-state index in [1.54, 1.807) is 0 Å². The minimum Gasteiger partial charge on any atom is -0.481 e.